The predicted octanol–water partition coefficient (Wildman–Crippen LogP) is 3.26. The molecular weight excluding hydrogens is 229 g/mol. The van der Waals surface area contributed by atoms with E-state index in [4.69, 9.17) is 5.73 Å². The number of imidazole rings is 1. The number of hydrogen-bond acceptors (Lipinski definition) is 2. The fourth-order valence-corrected chi connectivity index (χ4v) is 2.06. The molecule has 0 aliphatic carbocycles. The summed E-state index contributed by atoms with van der Waals surface area (Å²) in [4.78, 5) is 7.57. The second-order valence-electron chi connectivity index (χ2n) is 4.35. The third kappa shape index (κ3) is 1.72. The van der Waals surface area contributed by atoms with Crippen molar-refractivity contribution < 1.29 is 4.39 Å². The van der Waals surface area contributed by atoms with E-state index in [-0.39, 0.29) is 5.82 Å². The van der Waals surface area contributed by atoms with Crippen LogP contribution >= 0.6 is 0 Å². The Morgan fingerprint density at radius 3 is 2.78 bits per heavy atom. The molecule has 0 spiro atoms. The Balaban J connectivity index is 2.22. The van der Waals surface area contributed by atoms with Crippen LogP contribution in [0.4, 0.5) is 10.1 Å². The number of nitrogens with zero attached hydrogens (tertiary/aromatic N) is 1. The van der Waals surface area contributed by atoms with Gasteiger partial charge < -0.3 is 10.7 Å². The fourth-order valence-electron chi connectivity index (χ4n) is 2.06. The van der Waals surface area contributed by atoms with E-state index in [0.717, 1.165) is 22.2 Å². The molecule has 3 nitrogen and oxygen atoms in total. The number of nitrogen functional groups attached to an aromatic ring is 1. The lowest BCUT2D eigenvalue weighted by Gasteiger charge is -1.99. The van der Waals surface area contributed by atoms with E-state index in [2.05, 4.69) is 9.97 Å². The third-order valence-electron chi connectivity index (χ3n) is 2.86. The zero-order valence-electron chi connectivity index (χ0n) is 9.87. The molecule has 3 N–H and O–H groups in total. The van der Waals surface area contributed by atoms with Crippen LogP contribution in [0, 0.1) is 12.7 Å². The van der Waals surface area contributed by atoms with Gasteiger partial charge in [0, 0.05) is 5.56 Å². The summed E-state index contributed by atoms with van der Waals surface area (Å²) < 4.78 is 13.4. The van der Waals surface area contributed by atoms with Gasteiger partial charge in [-0.05, 0) is 42.8 Å². The van der Waals surface area contributed by atoms with Crippen LogP contribution in [0.2, 0.25) is 0 Å². The summed E-state index contributed by atoms with van der Waals surface area (Å²) in [5, 5.41) is 0. The molecule has 3 aromatic rings. The average Bonchev–Trinajstić information content (AvgIpc) is 2.73. The number of hydrogen-bond donors (Lipinski definition) is 2. The molecule has 0 bridgehead atoms. The number of fused-ring (bicyclic) bond motifs is 1. The van der Waals surface area contributed by atoms with Gasteiger partial charge in [0.15, 0.2) is 0 Å². The molecule has 0 aliphatic heterocycles. The molecule has 90 valence electrons. The van der Waals surface area contributed by atoms with Crippen LogP contribution in [-0.4, -0.2) is 9.97 Å². The van der Waals surface area contributed by atoms with Crippen molar-refractivity contribution >= 4 is 16.7 Å². The third-order valence-corrected chi connectivity index (χ3v) is 2.86. The van der Waals surface area contributed by atoms with Crippen molar-refractivity contribution in [2.24, 2.45) is 0 Å². The monoisotopic (exact) mass is 241 g/mol. The first-order valence-electron chi connectivity index (χ1n) is 5.65. The number of aromatic amines is 1. The Labute approximate surface area is 103 Å². The smallest absolute Gasteiger partial charge is 0.138 e. The SMILES string of the molecule is Cc1cc(F)cc(-c2nc3c(N)cccc3[nH]2)c1. The van der Waals surface area contributed by atoms with Gasteiger partial charge in [-0.3, -0.25) is 0 Å². The van der Waals surface area contributed by atoms with Crippen molar-refractivity contribution in [1.82, 2.24) is 9.97 Å². The van der Waals surface area contributed by atoms with Crippen molar-refractivity contribution in [3.05, 3.63) is 47.8 Å². The lowest BCUT2D eigenvalue weighted by atomic mass is 10.1. The van der Waals surface area contributed by atoms with E-state index in [1.807, 2.05) is 25.1 Å². The van der Waals surface area contributed by atoms with Crippen molar-refractivity contribution in [3.63, 3.8) is 0 Å². The Hall–Kier alpha value is -2.36. The number of halogens is 1. The first-order valence-corrected chi connectivity index (χ1v) is 5.65. The van der Waals surface area contributed by atoms with Gasteiger partial charge in [0.2, 0.25) is 0 Å². The molecule has 0 saturated carbocycles. The summed E-state index contributed by atoms with van der Waals surface area (Å²) >= 11 is 0. The van der Waals surface area contributed by atoms with Crippen LogP contribution in [0.15, 0.2) is 36.4 Å². The van der Waals surface area contributed by atoms with E-state index in [1.165, 1.54) is 12.1 Å². The lowest BCUT2D eigenvalue weighted by molar-refractivity contribution is 0.627. The van der Waals surface area contributed by atoms with Crippen molar-refractivity contribution in [2.45, 2.75) is 6.92 Å². The fraction of sp³-hybridized carbons (Fsp3) is 0.0714. The number of rotatable bonds is 1. The van der Waals surface area contributed by atoms with Crippen LogP contribution in [-0.2, 0) is 0 Å². The maximum Gasteiger partial charge on any atom is 0.138 e. The number of aryl methyl sites for hydroxylation is 1. The summed E-state index contributed by atoms with van der Waals surface area (Å²) in [6.07, 6.45) is 0. The molecule has 0 radical (unpaired) electrons. The number of para-hydroxylation sites is 1. The highest BCUT2D eigenvalue weighted by molar-refractivity contribution is 5.89. The molecule has 0 saturated heterocycles. The topological polar surface area (TPSA) is 54.7 Å². The molecule has 0 atom stereocenters. The van der Waals surface area contributed by atoms with E-state index in [9.17, 15) is 4.39 Å². The summed E-state index contributed by atoms with van der Waals surface area (Å²) in [6.45, 7) is 1.85. The van der Waals surface area contributed by atoms with Gasteiger partial charge in [-0.1, -0.05) is 6.07 Å². The quantitative estimate of drug-likeness (QED) is 0.642. The molecule has 1 heterocycles. The largest absolute Gasteiger partial charge is 0.397 e. The first kappa shape index (κ1) is 10.8. The van der Waals surface area contributed by atoms with Gasteiger partial charge in [-0.15, -0.1) is 0 Å². The van der Waals surface area contributed by atoms with Crippen molar-refractivity contribution in [2.75, 3.05) is 5.73 Å². The van der Waals surface area contributed by atoms with E-state index >= 15 is 0 Å². The average molecular weight is 241 g/mol. The Morgan fingerprint density at radius 2 is 2.06 bits per heavy atom. The molecule has 18 heavy (non-hydrogen) atoms. The summed E-state index contributed by atoms with van der Waals surface area (Å²) in [7, 11) is 0. The molecule has 2 aromatic carbocycles. The molecule has 0 amide bonds. The lowest BCUT2D eigenvalue weighted by Crippen LogP contribution is -1.86. The van der Waals surface area contributed by atoms with Gasteiger partial charge in [-0.2, -0.15) is 0 Å². The van der Waals surface area contributed by atoms with Crippen molar-refractivity contribution in [3.8, 4) is 11.4 Å². The Bertz CT molecular complexity index is 711. The minimum absolute atomic E-state index is 0.265. The minimum Gasteiger partial charge on any atom is -0.397 e. The summed E-state index contributed by atoms with van der Waals surface area (Å²) in [5.41, 5.74) is 9.62. The highest BCUT2D eigenvalue weighted by Gasteiger charge is 2.08. The van der Waals surface area contributed by atoms with Gasteiger partial charge in [0.1, 0.15) is 17.2 Å². The number of nitrogens with two attached hydrogens (primary N) is 1. The van der Waals surface area contributed by atoms with Crippen molar-refractivity contribution in [1.29, 1.82) is 0 Å². The highest BCUT2D eigenvalue weighted by Crippen LogP contribution is 2.25. The van der Waals surface area contributed by atoms with E-state index in [0.29, 0.717) is 11.5 Å². The maximum atomic E-state index is 13.4. The van der Waals surface area contributed by atoms with Crippen LogP contribution < -0.4 is 5.73 Å². The minimum atomic E-state index is -0.265. The molecule has 0 fully saturated rings. The first-order chi connectivity index (χ1) is 8.63. The number of aromatic nitrogens is 2. The second kappa shape index (κ2) is 3.84. The van der Waals surface area contributed by atoms with Crippen LogP contribution in [0.1, 0.15) is 5.56 Å². The number of anilines is 1. The molecule has 0 aliphatic rings. The summed E-state index contributed by atoms with van der Waals surface area (Å²) in [6, 6.07) is 10.4. The number of H-pyrrole nitrogens is 1. The predicted molar refractivity (Wildman–Crippen MR) is 70.6 cm³/mol. The van der Waals surface area contributed by atoms with Gasteiger partial charge in [0.05, 0.1) is 11.2 Å². The normalized spacial score (nSPS) is 11.0. The molecular formula is C14H12FN3. The Kier molecular flexibility index (Phi) is 2.30. The molecule has 1 aromatic heterocycles. The van der Waals surface area contributed by atoms with Gasteiger partial charge in [-0.25, -0.2) is 9.37 Å². The Morgan fingerprint density at radius 1 is 1.22 bits per heavy atom. The van der Waals surface area contributed by atoms with Crippen LogP contribution in [0.3, 0.4) is 0 Å². The zero-order valence-corrected chi connectivity index (χ0v) is 9.87. The standard InChI is InChI=1S/C14H12FN3/c1-8-5-9(7-10(15)6-8)14-17-12-4-2-3-11(16)13(12)18-14/h2-7H,16H2,1H3,(H,17,18). The van der Waals surface area contributed by atoms with E-state index in [1.54, 1.807) is 6.07 Å². The van der Waals surface area contributed by atoms with E-state index < -0.39 is 0 Å². The van der Waals surface area contributed by atoms with Crippen LogP contribution in [0.25, 0.3) is 22.4 Å². The maximum absolute atomic E-state index is 13.4. The molecule has 0 unspecified atom stereocenters. The molecule has 3 rings (SSSR count). The van der Waals surface area contributed by atoms with Gasteiger partial charge in [0.25, 0.3) is 0 Å². The highest BCUT2D eigenvalue weighted by atomic mass is 19.1. The summed E-state index contributed by atoms with van der Waals surface area (Å²) in [5.74, 6) is 0.365. The van der Waals surface area contributed by atoms with Gasteiger partial charge >= 0.3 is 0 Å². The second-order valence-corrected chi connectivity index (χ2v) is 4.35. The number of nitrogens with one attached hydrogen (secondary N) is 1. The number of benzene rings is 2. The zero-order chi connectivity index (χ0) is 12.7. The molecule has 4 heteroatoms. The van der Waals surface area contributed by atoms with Crippen LogP contribution in [0.5, 0.6) is 0 Å².